The zero-order valence-corrected chi connectivity index (χ0v) is 13.5. The van der Waals surface area contributed by atoms with Gasteiger partial charge >= 0.3 is 5.97 Å². The second kappa shape index (κ2) is 8.32. The first-order valence-corrected chi connectivity index (χ1v) is 7.46. The van der Waals surface area contributed by atoms with Crippen LogP contribution in [0.15, 0.2) is 42.5 Å². The van der Waals surface area contributed by atoms with Crippen molar-refractivity contribution in [3.63, 3.8) is 0 Å². The molecule has 4 nitrogen and oxygen atoms in total. The van der Waals surface area contributed by atoms with Gasteiger partial charge in [-0.1, -0.05) is 12.1 Å². The quantitative estimate of drug-likeness (QED) is 0.750. The third-order valence-electron chi connectivity index (χ3n) is 3.55. The number of benzene rings is 2. The highest BCUT2D eigenvalue weighted by Gasteiger charge is 2.19. The molecule has 0 aliphatic rings. The normalized spacial score (nSPS) is 10.4. The Kier molecular flexibility index (Phi) is 6.16. The van der Waals surface area contributed by atoms with Gasteiger partial charge in [0.2, 0.25) is 0 Å². The van der Waals surface area contributed by atoms with Crippen molar-refractivity contribution in [1.29, 1.82) is 0 Å². The maximum absolute atomic E-state index is 13.4. The summed E-state index contributed by atoms with van der Waals surface area (Å²) in [6, 6.07) is 8.31. The molecule has 0 aliphatic heterocycles. The Labute approximate surface area is 142 Å². The van der Waals surface area contributed by atoms with Crippen LogP contribution in [0.5, 0.6) is 0 Å². The van der Waals surface area contributed by atoms with Crippen molar-refractivity contribution in [2.75, 3.05) is 13.7 Å². The molecule has 0 radical (unpaired) electrons. The highest BCUT2D eigenvalue weighted by molar-refractivity contribution is 5.94. The minimum Gasteiger partial charge on any atom is -0.469 e. The van der Waals surface area contributed by atoms with Gasteiger partial charge in [-0.05, 0) is 35.9 Å². The lowest BCUT2D eigenvalue weighted by molar-refractivity contribution is -0.140. The highest BCUT2D eigenvalue weighted by Crippen LogP contribution is 2.14. The molecule has 1 amide bonds. The molecule has 7 heteroatoms. The predicted molar refractivity (Wildman–Crippen MR) is 84.1 cm³/mol. The number of esters is 1. The van der Waals surface area contributed by atoms with Crippen molar-refractivity contribution in [1.82, 2.24) is 4.90 Å². The van der Waals surface area contributed by atoms with E-state index in [9.17, 15) is 22.8 Å². The monoisotopic (exact) mass is 351 g/mol. The fourth-order valence-electron chi connectivity index (χ4n) is 2.20. The third-order valence-corrected chi connectivity index (χ3v) is 3.55. The molecule has 2 aromatic carbocycles. The van der Waals surface area contributed by atoms with Crippen molar-refractivity contribution < 1.29 is 27.5 Å². The van der Waals surface area contributed by atoms with Gasteiger partial charge in [0, 0.05) is 18.7 Å². The van der Waals surface area contributed by atoms with E-state index in [1.165, 1.54) is 36.3 Å². The van der Waals surface area contributed by atoms with E-state index in [1.807, 2.05) is 0 Å². The molecule has 0 heterocycles. The van der Waals surface area contributed by atoms with Crippen molar-refractivity contribution in [3.05, 3.63) is 71.0 Å². The molecule has 0 saturated carbocycles. The second-order valence-electron chi connectivity index (χ2n) is 5.31. The van der Waals surface area contributed by atoms with Crippen molar-refractivity contribution >= 4 is 11.9 Å². The summed E-state index contributed by atoms with van der Waals surface area (Å²) in [6.45, 7) is 0.0942. The van der Waals surface area contributed by atoms with E-state index in [1.54, 1.807) is 0 Å². The molecule has 2 rings (SSSR count). The molecule has 2 aromatic rings. The number of methoxy groups -OCH3 is 1. The molecular weight excluding hydrogens is 335 g/mol. The largest absolute Gasteiger partial charge is 0.469 e. The van der Waals surface area contributed by atoms with Crippen molar-refractivity contribution in [3.8, 4) is 0 Å². The van der Waals surface area contributed by atoms with Gasteiger partial charge < -0.3 is 9.64 Å². The molecule has 0 atom stereocenters. The Morgan fingerprint density at radius 3 is 2.28 bits per heavy atom. The Hall–Kier alpha value is -2.83. The van der Waals surface area contributed by atoms with E-state index in [2.05, 4.69) is 4.74 Å². The predicted octanol–water partition coefficient (Wildman–Crippen LogP) is 3.31. The third kappa shape index (κ3) is 5.07. The average Bonchev–Trinajstić information content (AvgIpc) is 2.61. The molecule has 132 valence electrons. The van der Waals surface area contributed by atoms with Gasteiger partial charge in [0.1, 0.15) is 5.82 Å². The smallest absolute Gasteiger partial charge is 0.307 e. The molecule has 25 heavy (non-hydrogen) atoms. The van der Waals surface area contributed by atoms with Gasteiger partial charge in [-0.2, -0.15) is 0 Å². The zero-order chi connectivity index (χ0) is 18.4. The summed E-state index contributed by atoms with van der Waals surface area (Å²) in [4.78, 5) is 25.2. The maximum atomic E-state index is 13.4. The summed E-state index contributed by atoms with van der Waals surface area (Å²) >= 11 is 0. The van der Waals surface area contributed by atoms with Gasteiger partial charge in [0.15, 0.2) is 11.6 Å². The number of hydrogen-bond acceptors (Lipinski definition) is 3. The van der Waals surface area contributed by atoms with Crippen LogP contribution in [0.3, 0.4) is 0 Å². The highest BCUT2D eigenvalue weighted by atomic mass is 19.2. The van der Waals surface area contributed by atoms with Crippen LogP contribution in [0, 0.1) is 17.5 Å². The molecule has 0 unspecified atom stereocenters. The van der Waals surface area contributed by atoms with Crippen LogP contribution in [-0.4, -0.2) is 30.4 Å². The fraction of sp³-hybridized carbons (Fsp3) is 0.222. The van der Waals surface area contributed by atoms with Crippen LogP contribution >= 0.6 is 0 Å². The van der Waals surface area contributed by atoms with Crippen molar-refractivity contribution in [2.24, 2.45) is 0 Å². The van der Waals surface area contributed by atoms with Gasteiger partial charge in [-0.15, -0.1) is 0 Å². The summed E-state index contributed by atoms with van der Waals surface area (Å²) in [6.07, 6.45) is -0.0624. The first-order chi connectivity index (χ1) is 11.9. The zero-order valence-electron chi connectivity index (χ0n) is 13.5. The Balaban J connectivity index is 2.22. The number of carbonyl (C=O) groups excluding carboxylic acids is 2. The summed E-state index contributed by atoms with van der Waals surface area (Å²) in [5.41, 5.74) is 0.577. The number of carbonyl (C=O) groups is 2. The van der Waals surface area contributed by atoms with Crippen LogP contribution in [0.1, 0.15) is 22.3 Å². The van der Waals surface area contributed by atoms with Crippen LogP contribution in [0.4, 0.5) is 13.2 Å². The Morgan fingerprint density at radius 1 is 1.00 bits per heavy atom. The maximum Gasteiger partial charge on any atom is 0.307 e. The fourth-order valence-corrected chi connectivity index (χ4v) is 2.20. The van der Waals surface area contributed by atoms with E-state index in [-0.39, 0.29) is 25.1 Å². The number of ether oxygens (including phenoxy) is 1. The van der Waals surface area contributed by atoms with E-state index >= 15 is 0 Å². The summed E-state index contributed by atoms with van der Waals surface area (Å²) < 4.78 is 44.0. The molecule has 0 N–H and O–H groups in total. The molecule has 0 bridgehead atoms. The minimum atomic E-state index is -1.14. The van der Waals surface area contributed by atoms with E-state index in [0.717, 1.165) is 18.2 Å². The first kappa shape index (κ1) is 18.5. The number of amides is 1. The summed E-state index contributed by atoms with van der Waals surface area (Å²) in [7, 11) is 1.23. The number of nitrogens with zero attached hydrogens (tertiary/aromatic N) is 1. The molecule has 0 spiro atoms. The van der Waals surface area contributed by atoms with Crippen LogP contribution in [-0.2, 0) is 16.1 Å². The SMILES string of the molecule is COC(=O)CCN(Cc1ccc(F)cc1)C(=O)c1ccc(F)c(F)c1. The average molecular weight is 351 g/mol. The first-order valence-electron chi connectivity index (χ1n) is 7.46. The van der Waals surface area contributed by atoms with E-state index < -0.39 is 29.3 Å². The second-order valence-corrected chi connectivity index (χ2v) is 5.31. The summed E-state index contributed by atoms with van der Waals surface area (Å²) in [5, 5.41) is 0. The van der Waals surface area contributed by atoms with Gasteiger partial charge in [0.25, 0.3) is 5.91 Å². The molecule has 0 aromatic heterocycles. The minimum absolute atomic E-state index is 0.0158. The molecule has 0 saturated heterocycles. The van der Waals surface area contributed by atoms with Crippen molar-refractivity contribution in [2.45, 2.75) is 13.0 Å². The lowest BCUT2D eigenvalue weighted by Crippen LogP contribution is -2.33. The number of halogens is 3. The molecular formula is C18H16F3NO3. The molecule has 0 aliphatic carbocycles. The van der Waals surface area contributed by atoms with Crippen LogP contribution < -0.4 is 0 Å². The number of hydrogen-bond donors (Lipinski definition) is 0. The Morgan fingerprint density at radius 2 is 1.68 bits per heavy atom. The van der Waals surface area contributed by atoms with E-state index in [0.29, 0.717) is 5.56 Å². The Bertz CT molecular complexity index is 763. The lowest BCUT2D eigenvalue weighted by Gasteiger charge is -2.22. The van der Waals surface area contributed by atoms with Gasteiger partial charge in [-0.3, -0.25) is 9.59 Å². The van der Waals surface area contributed by atoms with E-state index in [4.69, 9.17) is 0 Å². The van der Waals surface area contributed by atoms with Crippen LogP contribution in [0.25, 0.3) is 0 Å². The standard InChI is InChI=1S/C18H16F3NO3/c1-25-17(23)8-9-22(11-12-2-5-14(19)6-3-12)18(24)13-4-7-15(20)16(21)10-13/h2-7,10H,8-9,11H2,1H3. The van der Waals surface area contributed by atoms with Crippen LogP contribution in [0.2, 0.25) is 0 Å². The topological polar surface area (TPSA) is 46.6 Å². The lowest BCUT2D eigenvalue weighted by atomic mass is 10.1. The van der Waals surface area contributed by atoms with Gasteiger partial charge in [-0.25, -0.2) is 13.2 Å². The number of rotatable bonds is 6. The van der Waals surface area contributed by atoms with Gasteiger partial charge in [0.05, 0.1) is 13.5 Å². The molecule has 0 fully saturated rings. The summed E-state index contributed by atoms with van der Waals surface area (Å²) in [5.74, 6) is -3.71.